The molecule has 2 aromatic carbocycles. The summed E-state index contributed by atoms with van der Waals surface area (Å²) < 4.78 is 2.43. The summed E-state index contributed by atoms with van der Waals surface area (Å²) >= 11 is 0. The lowest BCUT2D eigenvalue weighted by atomic mass is 9.78. The smallest absolute Gasteiger partial charge is 0.319 e. The number of para-hydroxylation sites is 2. The molecule has 2 amide bonds. The molecule has 1 fully saturated rings. The number of amides is 2. The Kier molecular flexibility index (Phi) is 8.63. The maximum Gasteiger partial charge on any atom is 0.319 e. The van der Waals surface area contributed by atoms with Gasteiger partial charge in [0.05, 0.1) is 0 Å². The number of aryl methyl sites for hydroxylation is 1. The number of hydrogen-bond acceptors (Lipinski definition) is 2. The Bertz CT molecular complexity index is 1170. The highest BCUT2D eigenvalue weighted by atomic mass is 16.2. The number of nitrogens with one attached hydrogen (secondary N) is 2. The lowest BCUT2D eigenvalue weighted by Crippen LogP contribution is -2.41. The number of anilines is 1. The first-order valence-corrected chi connectivity index (χ1v) is 14.1. The van der Waals surface area contributed by atoms with E-state index in [1.54, 1.807) is 0 Å². The Balaban J connectivity index is 1.57. The average Bonchev–Trinajstić information content (AvgIpc) is 3.48. The fraction of sp³-hybridized carbons (Fsp3) is 0.531. The Hall–Kier alpha value is -2.79. The van der Waals surface area contributed by atoms with E-state index in [0.29, 0.717) is 18.4 Å². The second-order valence-electron chi connectivity index (χ2n) is 11.8. The Morgan fingerprint density at radius 1 is 0.973 bits per heavy atom. The summed E-state index contributed by atoms with van der Waals surface area (Å²) in [6.07, 6.45) is 8.13. The standard InChI is InChI=1S/C32H46N4O/c1-23(2)25-14-11-15-26(24(3)4)30(25)34-31(37)33-22-32(17-9-10-18-32)28-21-36(20-12-19-35(5)6)29-16-8-7-13-27(28)29/h7-8,11,13-16,21,23-24H,9-10,12,17-20,22H2,1-6H3,(H2,33,34,37). The highest BCUT2D eigenvalue weighted by Gasteiger charge is 2.38. The van der Waals surface area contributed by atoms with Gasteiger partial charge in [0.2, 0.25) is 0 Å². The molecule has 0 atom stereocenters. The lowest BCUT2D eigenvalue weighted by molar-refractivity contribution is 0.248. The van der Waals surface area contributed by atoms with Gasteiger partial charge in [-0.1, -0.05) is 76.9 Å². The number of urea groups is 1. The zero-order chi connectivity index (χ0) is 26.6. The summed E-state index contributed by atoms with van der Waals surface area (Å²) in [7, 11) is 4.26. The van der Waals surface area contributed by atoms with Crippen molar-refractivity contribution in [3.8, 4) is 0 Å². The molecule has 1 aromatic heterocycles. The zero-order valence-electron chi connectivity index (χ0n) is 23.7. The van der Waals surface area contributed by atoms with E-state index < -0.39 is 0 Å². The minimum Gasteiger partial charge on any atom is -0.347 e. The van der Waals surface area contributed by atoms with Crippen molar-refractivity contribution >= 4 is 22.6 Å². The van der Waals surface area contributed by atoms with Crippen LogP contribution in [0.15, 0.2) is 48.7 Å². The molecule has 1 saturated carbocycles. The maximum absolute atomic E-state index is 13.3. The Labute approximate surface area is 223 Å². The van der Waals surface area contributed by atoms with Crippen LogP contribution in [0.3, 0.4) is 0 Å². The summed E-state index contributed by atoms with van der Waals surface area (Å²) in [5, 5.41) is 7.90. The van der Waals surface area contributed by atoms with E-state index in [4.69, 9.17) is 0 Å². The summed E-state index contributed by atoms with van der Waals surface area (Å²) in [6.45, 7) is 11.5. The first-order chi connectivity index (χ1) is 17.7. The molecule has 0 aliphatic heterocycles. The van der Waals surface area contributed by atoms with Crippen LogP contribution in [0.5, 0.6) is 0 Å². The van der Waals surface area contributed by atoms with E-state index in [9.17, 15) is 4.79 Å². The third-order valence-corrected chi connectivity index (χ3v) is 8.12. The zero-order valence-corrected chi connectivity index (χ0v) is 23.7. The molecule has 2 N–H and O–H groups in total. The van der Waals surface area contributed by atoms with Gasteiger partial charge < -0.3 is 20.1 Å². The first-order valence-electron chi connectivity index (χ1n) is 14.1. The summed E-state index contributed by atoms with van der Waals surface area (Å²) in [5.74, 6) is 0.683. The molecule has 1 heterocycles. The second kappa shape index (κ2) is 11.7. The molecule has 37 heavy (non-hydrogen) atoms. The fourth-order valence-electron chi connectivity index (χ4n) is 6.11. The van der Waals surface area contributed by atoms with Crippen LogP contribution in [0.2, 0.25) is 0 Å². The second-order valence-corrected chi connectivity index (χ2v) is 11.8. The molecule has 0 spiro atoms. The van der Waals surface area contributed by atoms with Crippen LogP contribution < -0.4 is 10.6 Å². The van der Waals surface area contributed by atoms with Gasteiger partial charge in [-0.25, -0.2) is 4.79 Å². The van der Waals surface area contributed by atoms with Crippen LogP contribution in [0, 0.1) is 0 Å². The van der Waals surface area contributed by atoms with E-state index >= 15 is 0 Å². The van der Waals surface area contributed by atoms with Crippen LogP contribution in [0.4, 0.5) is 10.5 Å². The van der Waals surface area contributed by atoms with E-state index in [2.05, 4.69) is 111 Å². The van der Waals surface area contributed by atoms with Gasteiger partial charge in [-0.3, -0.25) is 0 Å². The van der Waals surface area contributed by atoms with Gasteiger partial charge in [0, 0.05) is 41.3 Å². The molecule has 0 unspecified atom stereocenters. The summed E-state index contributed by atoms with van der Waals surface area (Å²) in [4.78, 5) is 15.6. The van der Waals surface area contributed by atoms with E-state index in [0.717, 1.165) is 38.0 Å². The topological polar surface area (TPSA) is 49.3 Å². The molecular weight excluding hydrogens is 456 g/mol. The van der Waals surface area contributed by atoms with Crippen molar-refractivity contribution in [2.45, 2.75) is 83.6 Å². The largest absolute Gasteiger partial charge is 0.347 e. The van der Waals surface area contributed by atoms with Gasteiger partial charge >= 0.3 is 6.03 Å². The average molecular weight is 503 g/mol. The van der Waals surface area contributed by atoms with Gasteiger partial charge in [0.15, 0.2) is 0 Å². The summed E-state index contributed by atoms with van der Waals surface area (Å²) in [6, 6.07) is 15.1. The number of benzene rings is 2. The number of aromatic nitrogens is 1. The highest BCUT2D eigenvalue weighted by Crippen LogP contribution is 2.44. The third kappa shape index (κ3) is 6.04. The molecule has 3 aromatic rings. The Morgan fingerprint density at radius 3 is 2.24 bits per heavy atom. The Morgan fingerprint density at radius 2 is 1.62 bits per heavy atom. The van der Waals surface area contributed by atoms with E-state index in [1.807, 2.05) is 0 Å². The van der Waals surface area contributed by atoms with Crippen molar-refractivity contribution in [3.05, 3.63) is 65.4 Å². The van der Waals surface area contributed by atoms with E-state index in [-0.39, 0.29) is 11.4 Å². The minimum absolute atomic E-state index is 0.0256. The minimum atomic E-state index is -0.101. The normalized spacial score (nSPS) is 15.3. The SMILES string of the molecule is CC(C)c1cccc(C(C)C)c1NC(=O)NCC1(c2cn(CCCN(C)C)c3ccccc23)CCCC1. The van der Waals surface area contributed by atoms with Crippen LogP contribution in [-0.4, -0.2) is 42.7 Å². The van der Waals surface area contributed by atoms with Gasteiger partial charge in [-0.05, 0) is 74.5 Å². The van der Waals surface area contributed by atoms with Crippen LogP contribution in [0.1, 0.15) is 88.3 Å². The number of hydrogen-bond donors (Lipinski definition) is 2. The quantitative estimate of drug-likeness (QED) is 0.302. The monoisotopic (exact) mass is 502 g/mol. The number of carbonyl (C=O) groups is 1. The van der Waals surface area contributed by atoms with Crippen molar-refractivity contribution < 1.29 is 4.79 Å². The fourth-order valence-corrected chi connectivity index (χ4v) is 6.11. The first kappa shape index (κ1) is 27.3. The van der Waals surface area contributed by atoms with Crippen molar-refractivity contribution in [3.63, 3.8) is 0 Å². The van der Waals surface area contributed by atoms with Gasteiger partial charge in [0.1, 0.15) is 0 Å². The predicted molar refractivity (Wildman–Crippen MR) is 157 cm³/mol. The molecule has 5 heteroatoms. The molecule has 1 aliphatic rings. The van der Waals surface area contributed by atoms with Crippen molar-refractivity contribution in [2.75, 3.05) is 32.5 Å². The third-order valence-electron chi connectivity index (χ3n) is 8.12. The number of carbonyl (C=O) groups excluding carboxylic acids is 1. The summed E-state index contributed by atoms with van der Waals surface area (Å²) in [5.41, 5.74) is 6.04. The maximum atomic E-state index is 13.3. The number of fused-ring (bicyclic) bond motifs is 1. The highest BCUT2D eigenvalue weighted by molar-refractivity contribution is 5.92. The van der Waals surface area contributed by atoms with Crippen molar-refractivity contribution in [1.29, 1.82) is 0 Å². The predicted octanol–water partition coefficient (Wildman–Crippen LogP) is 7.47. The van der Waals surface area contributed by atoms with Crippen LogP contribution in [0.25, 0.3) is 10.9 Å². The molecule has 200 valence electrons. The van der Waals surface area contributed by atoms with E-state index in [1.165, 1.54) is 40.4 Å². The molecule has 5 nitrogen and oxygen atoms in total. The molecule has 0 saturated heterocycles. The molecule has 1 aliphatic carbocycles. The molecule has 4 rings (SSSR count). The van der Waals surface area contributed by atoms with Crippen LogP contribution >= 0.6 is 0 Å². The molecule has 0 bridgehead atoms. The lowest BCUT2D eigenvalue weighted by Gasteiger charge is -2.30. The number of rotatable bonds is 10. The van der Waals surface area contributed by atoms with Gasteiger partial charge in [0.25, 0.3) is 0 Å². The van der Waals surface area contributed by atoms with Gasteiger partial charge in [-0.2, -0.15) is 0 Å². The van der Waals surface area contributed by atoms with Crippen molar-refractivity contribution in [1.82, 2.24) is 14.8 Å². The molecular formula is C32H46N4O. The number of nitrogens with zero attached hydrogens (tertiary/aromatic N) is 2. The molecule has 0 radical (unpaired) electrons. The van der Waals surface area contributed by atoms with Crippen LogP contribution in [-0.2, 0) is 12.0 Å². The van der Waals surface area contributed by atoms with Crippen molar-refractivity contribution in [2.24, 2.45) is 0 Å². The van der Waals surface area contributed by atoms with Gasteiger partial charge in [-0.15, -0.1) is 0 Å².